The molecule has 2 aliphatic heterocycles. The minimum Gasteiger partial charge on any atom is -0.350 e. The van der Waals surface area contributed by atoms with Crippen LogP contribution in [0.1, 0.15) is 73.7 Å². The molecule has 2 aromatic carbocycles. The topological polar surface area (TPSA) is 64.7 Å². The molecular formula is C31H42Cl2N4O2. The molecule has 2 fully saturated rings. The predicted molar refractivity (Wildman–Crippen MR) is 160 cm³/mol. The molecule has 2 saturated heterocycles. The van der Waals surface area contributed by atoms with Gasteiger partial charge in [-0.15, -0.1) is 0 Å². The summed E-state index contributed by atoms with van der Waals surface area (Å²) < 4.78 is 0. The molecule has 39 heavy (non-hydrogen) atoms. The quantitative estimate of drug-likeness (QED) is 0.360. The van der Waals surface area contributed by atoms with E-state index in [4.69, 9.17) is 23.2 Å². The van der Waals surface area contributed by atoms with E-state index in [1.54, 1.807) is 18.2 Å². The molecule has 0 saturated carbocycles. The molecule has 0 aliphatic carbocycles. The van der Waals surface area contributed by atoms with Gasteiger partial charge in [0.1, 0.15) is 0 Å². The highest BCUT2D eigenvalue weighted by Gasteiger charge is 2.32. The van der Waals surface area contributed by atoms with Crippen LogP contribution >= 0.6 is 23.2 Å². The zero-order chi connectivity index (χ0) is 27.6. The third kappa shape index (κ3) is 8.68. The lowest BCUT2D eigenvalue weighted by atomic mass is 9.95. The number of halogens is 2. The average molecular weight is 574 g/mol. The van der Waals surface area contributed by atoms with Crippen molar-refractivity contribution >= 4 is 35.0 Å². The number of hydrogen-bond acceptors (Lipinski definition) is 4. The van der Waals surface area contributed by atoms with Crippen LogP contribution < -0.4 is 10.6 Å². The molecule has 3 atom stereocenters. The molecule has 0 unspecified atom stereocenters. The molecule has 0 bridgehead atoms. The van der Waals surface area contributed by atoms with Crippen LogP contribution in [0.15, 0.2) is 48.5 Å². The third-order valence-electron chi connectivity index (χ3n) is 8.11. The first-order valence-electron chi connectivity index (χ1n) is 14.5. The summed E-state index contributed by atoms with van der Waals surface area (Å²) in [7, 11) is 0. The van der Waals surface area contributed by atoms with Crippen LogP contribution in [0.2, 0.25) is 10.0 Å². The smallest absolute Gasteiger partial charge is 0.251 e. The molecular weight excluding hydrogens is 531 g/mol. The molecule has 0 spiro atoms. The lowest BCUT2D eigenvalue weighted by Gasteiger charge is -2.30. The summed E-state index contributed by atoms with van der Waals surface area (Å²) in [5, 5.41) is 7.44. The van der Waals surface area contributed by atoms with E-state index in [0.717, 1.165) is 45.3 Å². The van der Waals surface area contributed by atoms with Gasteiger partial charge in [-0.05, 0) is 81.9 Å². The number of benzene rings is 2. The molecule has 2 heterocycles. The van der Waals surface area contributed by atoms with Gasteiger partial charge in [0.2, 0.25) is 5.91 Å². The van der Waals surface area contributed by atoms with Crippen LogP contribution in [0.25, 0.3) is 0 Å². The Morgan fingerprint density at radius 3 is 2.54 bits per heavy atom. The second kappa shape index (κ2) is 15.0. The Hall–Kier alpha value is -2.12. The highest BCUT2D eigenvalue weighted by atomic mass is 35.5. The summed E-state index contributed by atoms with van der Waals surface area (Å²) in [5.41, 5.74) is 1.75. The highest BCUT2D eigenvalue weighted by Crippen LogP contribution is 2.24. The van der Waals surface area contributed by atoms with Gasteiger partial charge in [-0.1, -0.05) is 66.9 Å². The lowest BCUT2D eigenvalue weighted by molar-refractivity contribution is -0.133. The second-order valence-corrected chi connectivity index (χ2v) is 11.7. The van der Waals surface area contributed by atoms with Gasteiger partial charge in [-0.2, -0.15) is 0 Å². The molecule has 2 amide bonds. The van der Waals surface area contributed by atoms with Crippen molar-refractivity contribution in [3.63, 3.8) is 0 Å². The molecule has 2 aliphatic rings. The van der Waals surface area contributed by atoms with Crippen molar-refractivity contribution in [3.8, 4) is 0 Å². The number of piperidine rings is 1. The van der Waals surface area contributed by atoms with Crippen LogP contribution in [0, 0.1) is 0 Å². The third-order valence-corrected chi connectivity index (χ3v) is 8.84. The molecule has 0 aromatic heterocycles. The first-order valence-corrected chi connectivity index (χ1v) is 15.3. The molecule has 6 nitrogen and oxygen atoms in total. The van der Waals surface area contributed by atoms with Gasteiger partial charge in [0.25, 0.3) is 5.91 Å². The zero-order valence-electron chi connectivity index (χ0n) is 23.0. The fourth-order valence-electron chi connectivity index (χ4n) is 5.75. The first kappa shape index (κ1) is 29.9. The summed E-state index contributed by atoms with van der Waals surface area (Å²) in [6.45, 7) is 7.38. The molecule has 2 aromatic rings. The van der Waals surface area contributed by atoms with Crippen molar-refractivity contribution in [1.82, 2.24) is 20.4 Å². The van der Waals surface area contributed by atoms with E-state index in [9.17, 15) is 9.59 Å². The standard InChI is InChI=1S/C31H42Cl2N4O2/c1-2-23(24-10-5-3-6-11-24)22-37-19-15-26(21-34-30(38)25-13-14-27(32)28(33)20-25)35-29(31(37)39)12-9-18-36-16-7-4-8-17-36/h3,5-6,10-11,13-14,20,23,26,29,35H,2,4,7-9,12,15-19,21-22H2,1H3,(H,34,38)/t23-,26+,29+/m1/s1. The van der Waals surface area contributed by atoms with E-state index in [0.29, 0.717) is 41.2 Å². The van der Waals surface area contributed by atoms with Crippen molar-refractivity contribution in [2.75, 3.05) is 39.3 Å². The monoisotopic (exact) mass is 572 g/mol. The largest absolute Gasteiger partial charge is 0.350 e. The van der Waals surface area contributed by atoms with E-state index in [1.807, 2.05) is 6.07 Å². The number of carbonyl (C=O) groups excluding carboxylic acids is 2. The summed E-state index contributed by atoms with van der Waals surface area (Å²) in [5.74, 6) is 0.288. The van der Waals surface area contributed by atoms with Crippen LogP contribution in [-0.4, -0.2) is 73.0 Å². The Morgan fingerprint density at radius 2 is 1.82 bits per heavy atom. The molecule has 212 valence electrons. The van der Waals surface area contributed by atoms with Gasteiger partial charge in [0, 0.05) is 37.2 Å². The van der Waals surface area contributed by atoms with Gasteiger partial charge in [-0.25, -0.2) is 0 Å². The van der Waals surface area contributed by atoms with E-state index >= 15 is 0 Å². The fourth-order valence-corrected chi connectivity index (χ4v) is 6.05. The van der Waals surface area contributed by atoms with Crippen molar-refractivity contribution in [3.05, 3.63) is 69.7 Å². The summed E-state index contributed by atoms with van der Waals surface area (Å²) >= 11 is 12.1. The Bertz CT molecular complexity index is 1080. The Balaban J connectivity index is 1.41. The maximum atomic E-state index is 13.8. The molecule has 4 rings (SSSR count). The number of amides is 2. The Kier molecular flexibility index (Phi) is 11.5. The van der Waals surface area contributed by atoms with E-state index in [1.165, 1.54) is 24.8 Å². The van der Waals surface area contributed by atoms with Crippen molar-refractivity contribution in [2.45, 2.75) is 69.9 Å². The molecule has 0 radical (unpaired) electrons. The normalized spacial score (nSPS) is 21.4. The van der Waals surface area contributed by atoms with Crippen molar-refractivity contribution < 1.29 is 9.59 Å². The summed E-state index contributed by atoms with van der Waals surface area (Å²) in [6.07, 6.45) is 7.40. The average Bonchev–Trinajstić information content (AvgIpc) is 3.11. The van der Waals surface area contributed by atoms with Crippen LogP contribution in [0.3, 0.4) is 0 Å². The fraction of sp³-hybridized carbons (Fsp3) is 0.548. The highest BCUT2D eigenvalue weighted by molar-refractivity contribution is 6.42. The lowest BCUT2D eigenvalue weighted by Crippen LogP contribution is -2.49. The van der Waals surface area contributed by atoms with Crippen LogP contribution in [-0.2, 0) is 4.79 Å². The molecule has 8 heteroatoms. The van der Waals surface area contributed by atoms with Gasteiger partial charge < -0.3 is 20.4 Å². The number of nitrogens with one attached hydrogen (secondary N) is 2. The number of nitrogens with zero attached hydrogens (tertiary/aromatic N) is 2. The molecule has 2 N–H and O–H groups in total. The van der Waals surface area contributed by atoms with Crippen LogP contribution in [0.5, 0.6) is 0 Å². The van der Waals surface area contributed by atoms with Crippen molar-refractivity contribution in [1.29, 1.82) is 0 Å². The van der Waals surface area contributed by atoms with E-state index < -0.39 is 0 Å². The first-order chi connectivity index (χ1) is 18.9. The van der Waals surface area contributed by atoms with Gasteiger partial charge >= 0.3 is 0 Å². The number of likely N-dealkylation sites (tertiary alicyclic amines) is 1. The summed E-state index contributed by atoms with van der Waals surface area (Å²) in [6, 6.07) is 15.1. The maximum Gasteiger partial charge on any atom is 0.251 e. The van der Waals surface area contributed by atoms with E-state index in [2.05, 4.69) is 51.6 Å². The minimum absolute atomic E-state index is 0.00228. The predicted octanol–water partition coefficient (Wildman–Crippen LogP) is 5.74. The Morgan fingerprint density at radius 1 is 1.05 bits per heavy atom. The van der Waals surface area contributed by atoms with Gasteiger partial charge in [0.15, 0.2) is 0 Å². The number of rotatable bonds is 11. The summed E-state index contributed by atoms with van der Waals surface area (Å²) in [4.78, 5) is 31.2. The van der Waals surface area contributed by atoms with Gasteiger partial charge in [-0.3, -0.25) is 9.59 Å². The van der Waals surface area contributed by atoms with Gasteiger partial charge in [0.05, 0.1) is 16.1 Å². The maximum absolute atomic E-state index is 13.8. The minimum atomic E-state index is -0.252. The number of hydrogen-bond donors (Lipinski definition) is 2. The SMILES string of the molecule is CC[C@H](CN1CC[C@@H](CNC(=O)c2ccc(Cl)c(Cl)c2)N[C@@H](CCCN2CCCCC2)C1=O)c1ccccc1. The van der Waals surface area contributed by atoms with Crippen molar-refractivity contribution in [2.24, 2.45) is 0 Å². The zero-order valence-corrected chi connectivity index (χ0v) is 24.5. The van der Waals surface area contributed by atoms with E-state index in [-0.39, 0.29) is 23.9 Å². The van der Waals surface area contributed by atoms with Crippen LogP contribution in [0.4, 0.5) is 0 Å². The second-order valence-electron chi connectivity index (χ2n) is 10.9. The Labute approximate surface area is 243 Å². The number of carbonyl (C=O) groups is 2.